The Morgan fingerprint density at radius 2 is 1.90 bits per heavy atom. The fraction of sp³-hybridized carbons (Fsp3) is 0.429. The lowest BCUT2D eigenvalue weighted by molar-refractivity contribution is 0.102. The number of carbonyl (C=O) groups is 1. The molecule has 0 atom stereocenters. The summed E-state index contributed by atoms with van der Waals surface area (Å²) < 4.78 is 19.1. The van der Waals surface area contributed by atoms with Gasteiger partial charge in [0, 0.05) is 42.5 Å². The number of hydrogen-bond donors (Lipinski definition) is 1. The zero-order chi connectivity index (χ0) is 21.1. The molecule has 1 saturated heterocycles. The molecule has 1 fully saturated rings. The summed E-state index contributed by atoms with van der Waals surface area (Å²) in [5.41, 5.74) is 1.87. The lowest BCUT2D eigenvalue weighted by Crippen LogP contribution is -2.36. The quantitative estimate of drug-likeness (QED) is 0.617. The predicted molar refractivity (Wildman–Crippen MR) is 118 cm³/mol. The van der Waals surface area contributed by atoms with Gasteiger partial charge in [0.2, 0.25) is 0 Å². The third kappa shape index (κ3) is 4.22. The minimum Gasteiger partial charge on any atom is -0.492 e. The second-order valence-electron chi connectivity index (χ2n) is 6.89. The monoisotopic (exact) mass is 430 g/mol. The van der Waals surface area contributed by atoms with E-state index in [9.17, 15) is 4.79 Å². The number of nitrogens with zero attached hydrogens (tertiary/aromatic N) is 3. The number of anilines is 2. The number of aryl methyl sites for hydroxylation is 1. The van der Waals surface area contributed by atoms with Gasteiger partial charge >= 0.3 is 0 Å². The second-order valence-corrected chi connectivity index (χ2v) is 8.11. The van der Waals surface area contributed by atoms with Crippen molar-refractivity contribution < 1.29 is 19.0 Å². The molecule has 4 rings (SSSR count). The SMILES string of the molecule is CCOc1cc(N2CCOCC2)c(OCC)cc1NC(=O)c1cn2cc(C)sc2n1. The molecule has 0 bridgehead atoms. The maximum absolute atomic E-state index is 12.9. The van der Waals surface area contributed by atoms with Crippen LogP contribution in [0.25, 0.3) is 4.96 Å². The molecular formula is C21H26N4O4S. The molecule has 0 unspecified atom stereocenters. The molecule has 0 spiro atoms. The van der Waals surface area contributed by atoms with Crippen LogP contribution in [0.1, 0.15) is 29.2 Å². The van der Waals surface area contributed by atoms with Crippen molar-refractivity contribution in [3.8, 4) is 11.5 Å². The van der Waals surface area contributed by atoms with Gasteiger partial charge in [0.05, 0.1) is 37.8 Å². The van der Waals surface area contributed by atoms with E-state index in [1.54, 1.807) is 17.5 Å². The van der Waals surface area contributed by atoms with Crippen LogP contribution in [0.3, 0.4) is 0 Å². The minimum atomic E-state index is -0.286. The lowest BCUT2D eigenvalue weighted by Gasteiger charge is -2.31. The molecule has 160 valence electrons. The number of amides is 1. The van der Waals surface area contributed by atoms with Gasteiger partial charge in [0.15, 0.2) is 4.96 Å². The van der Waals surface area contributed by atoms with Crippen molar-refractivity contribution in [2.45, 2.75) is 20.8 Å². The first kappa shape index (κ1) is 20.5. The fourth-order valence-corrected chi connectivity index (χ4v) is 4.26. The number of ether oxygens (including phenoxy) is 3. The zero-order valence-corrected chi connectivity index (χ0v) is 18.3. The smallest absolute Gasteiger partial charge is 0.276 e. The minimum absolute atomic E-state index is 0.286. The van der Waals surface area contributed by atoms with Crippen LogP contribution in [0.5, 0.6) is 11.5 Å². The Morgan fingerprint density at radius 3 is 2.60 bits per heavy atom. The van der Waals surface area contributed by atoms with E-state index in [-0.39, 0.29) is 5.91 Å². The van der Waals surface area contributed by atoms with Gasteiger partial charge in [-0.3, -0.25) is 9.20 Å². The average molecular weight is 431 g/mol. The molecule has 1 amide bonds. The molecule has 0 aliphatic carbocycles. The first-order chi connectivity index (χ1) is 14.6. The van der Waals surface area contributed by atoms with Crippen LogP contribution >= 0.6 is 11.3 Å². The molecule has 3 aromatic rings. The summed E-state index contributed by atoms with van der Waals surface area (Å²) in [6.07, 6.45) is 3.69. The molecular weight excluding hydrogens is 404 g/mol. The topological polar surface area (TPSA) is 77.3 Å². The molecule has 30 heavy (non-hydrogen) atoms. The zero-order valence-electron chi connectivity index (χ0n) is 17.4. The summed E-state index contributed by atoms with van der Waals surface area (Å²) in [7, 11) is 0. The maximum atomic E-state index is 12.9. The normalized spacial score (nSPS) is 14.2. The molecule has 1 aliphatic heterocycles. The Balaban J connectivity index is 1.65. The summed E-state index contributed by atoms with van der Waals surface area (Å²) in [5.74, 6) is 1.03. The van der Waals surface area contributed by atoms with Gasteiger partial charge in [-0.25, -0.2) is 4.98 Å². The number of benzene rings is 1. The first-order valence-corrected chi connectivity index (χ1v) is 10.9. The van der Waals surface area contributed by atoms with Gasteiger partial charge in [-0.1, -0.05) is 0 Å². The molecule has 1 aromatic carbocycles. The van der Waals surface area contributed by atoms with E-state index in [1.807, 2.05) is 43.5 Å². The molecule has 0 radical (unpaired) electrons. The molecule has 1 aliphatic rings. The van der Waals surface area contributed by atoms with Gasteiger partial charge in [0.1, 0.15) is 17.2 Å². The van der Waals surface area contributed by atoms with Crippen LogP contribution in [0.2, 0.25) is 0 Å². The number of fused-ring (bicyclic) bond motifs is 1. The number of morpholine rings is 1. The standard InChI is InChI=1S/C21H26N4O4S/c1-4-28-18-11-17(24-6-8-27-9-7-24)19(29-5-2)10-15(18)22-20(26)16-13-25-12-14(3)30-21(25)23-16/h10-13H,4-9H2,1-3H3,(H,22,26). The van der Waals surface area contributed by atoms with E-state index in [0.29, 0.717) is 49.3 Å². The molecule has 9 heteroatoms. The Kier molecular flexibility index (Phi) is 6.10. The lowest BCUT2D eigenvalue weighted by atomic mass is 10.2. The van der Waals surface area contributed by atoms with E-state index >= 15 is 0 Å². The summed E-state index contributed by atoms with van der Waals surface area (Å²) in [4.78, 5) is 21.5. The number of nitrogens with one attached hydrogen (secondary N) is 1. The molecule has 3 heterocycles. The number of imidazole rings is 1. The largest absolute Gasteiger partial charge is 0.492 e. The number of thiazole rings is 1. The Bertz CT molecular complexity index is 1010. The van der Waals surface area contributed by atoms with Crippen LogP contribution in [0.15, 0.2) is 24.5 Å². The average Bonchev–Trinajstić information content (AvgIpc) is 3.28. The van der Waals surface area contributed by atoms with E-state index in [4.69, 9.17) is 14.2 Å². The number of carbonyl (C=O) groups excluding carboxylic acids is 1. The van der Waals surface area contributed by atoms with Crippen molar-refractivity contribution in [1.82, 2.24) is 9.38 Å². The predicted octanol–water partition coefficient (Wildman–Crippen LogP) is 3.59. The van der Waals surface area contributed by atoms with E-state index < -0.39 is 0 Å². The summed E-state index contributed by atoms with van der Waals surface area (Å²) in [5, 5.41) is 2.95. The van der Waals surface area contributed by atoms with Crippen LogP contribution in [0, 0.1) is 6.92 Å². The van der Waals surface area contributed by atoms with Crippen LogP contribution in [-0.2, 0) is 4.74 Å². The molecule has 0 saturated carbocycles. The third-order valence-electron chi connectivity index (χ3n) is 4.76. The van der Waals surface area contributed by atoms with Gasteiger partial charge in [-0.05, 0) is 20.8 Å². The Labute approximate surface area is 179 Å². The van der Waals surface area contributed by atoms with Crippen LogP contribution in [-0.4, -0.2) is 54.8 Å². The molecule has 1 N–H and O–H groups in total. The number of rotatable bonds is 7. The Hall–Kier alpha value is -2.78. The van der Waals surface area contributed by atoms with Crippen molar-refractivity contribution in [3.63, 3.8) is 0 Å². The highest BCUT2D eigenvalue weighted by Gasteiger charge is 2.21. The fourth-order valence-electron chi connectivity index (χ4n) is 3.45. The van der Waals surface area contributed by atoms with Gasteiger partial charge in [-0.15, -0.1) is 11.3 Å². The second kappa shape index (κ2) is 8.93. The van der Waals surface area contributed by atoms with Gasteiger partial charge < -0.3 is 24.4 Å². The van der Waals surface area contributed by atoms with E-state index in [0.717, 1.165) is 28.6 Å². The van der Waals surface area contributed by atoms with Crippen LogP contribution in [0.4, 0.5) is 11.4 Å². The van der Waals surface area contributed by atoms with Gasteiger partial charge in [0.25, 0.3) is 5.91 Å². The van der Waals surface area contributed by atoms with Crippen molar-refractivity contribution in [2.75, 3.05) is 49.7 Å². The maximum Gasteiger partial charge on any atom is 0.276 e. The third-order valence-corrected chi connectivity index (χ3v) is 5.68. The molecule has 8 nitrogen and oxygen atoms in total. The first-order valence-electron chi connectivity index (χ1n) is 10.1. The van der Waals surface area contributed by atoms with Crippen molar-refractivity contribution in [1.29, 1.82) is 0 Å². The van der Waals surface area contributed by atoms with Crippen LogP contribution < -0.4 is 19.7 Å². The van der Waals surface area contributed by atoms with Crippen molar-refractivity contribution in [3.05, 3.63) is 35.1 Å². The summed E-state index contributed by atoms with van der Waals surface area (Å²) >= 11 is 1.55. The van der Waals surface area contributed by atoms with E-state index in [2.05, 4.69) is 15.2 Å². The highest BCUT2D eigenvalue weighted by atomic mass is 32.1. The Morgan fingerprint density at radius 1 is 1.17 bits per heavy atom. The number of aromatic nitrogens is 2. The van der Waals surface area contributed by atoms with Crippen molar-refractivity contribution >= 4 is 33.6 Å². The summed E-state index contributed by atoms with van der Waals surface area (Å²) in [6.45, 7) is 9.78. The summed E-state index contributed by atoms with van der Waals surface area (Å²) in [6, 6.07) is 3.77. The molecule has 2 aromatic heterocycles. The highest BCUT2D eigenvalue weighted by Crippen LogP contribution is 2.39. The van der Waals surface area contributed by atoms with Gasteiger partial charge in [-0.2, -0.15) is 0 Å². The number of hydrogen-bond acceptors (Lipinski definition) is 7. The van der Waals surface area contributed by atoms with Crippen molar-refractivity contribution in [2.24, 2.45) is 0 Å². The highest BCUT2D eigenvalue weighted by molar-refractivity contribution is 7.17. The van der Waals surface area contributed by atoms with E-state index in [1.165, 1.54) is 0 Å².